The second-order valence-corrected chi connectivity index (χ2v) is 4.23. The third-order valence-corrected chi connectivity index (χ3v) is 2.80. The van der Waals surface area contributed by atoms with Crippen molar-refractivity contribution in [2.24, 2.45) is 5.92 Å². The minimum atomic E-state index is -0.0598. The van der Waals surface area contributed by atoms with Crippen molar-refractivity contribution in [1.82, 2.24) is 10.2 Å². The summed E-state index contributed by atoms with van der Waals surface area (Å²) >= 11 is 0. The number of nitrogens with zero attached hydrogens (tertiary/aromatic N) is 1. The highest BCUT2D eigenvalue weighted by Gasteiger charge is 2.30. The third-order valence-electron chi connectivity index (χ3n) is 2.80. The number of hydrogen-bond acceptors (Lipinski definition) is 3. The molecule has 84 valence electrons. The zero-order valence-corrected chi connectivity index (χ0v) is 8.86. The maximum absolute atomic E-state index is 11.3. The molecule has 1 unspecified atom stereocenters. The van der Waals surface area contributed by atoms with E-state index in [0.29, 0.717) is 13.1 Å². The lowest BCUT2D eigenvalue weighted by Gasteiger charge is -2.29. The Hall–Kier alpha value is -1.10. The van der Waals surface area contributed by atoms with E-state index in [1.807, 2.05) is 0 Å². The Kier molecular flexibility index (Phi) is 2.90. The number of likely N-dealkylation sites (N-methyl/N-ethyl adjacent to an activating group) is 1. The average Bonchev–Trinajstić information content (AvgIpc) is 3.03. The molecule has 5 nitrogen and oxygen atoms in total. The van der Waals surface area contributed by atoms with Crippen molar-refractivity contribution >= 4 is 11.8 Å². The summed E-state index contributed by atoms with van der Waals surface area (Å²) in [6, 6.07) is 0. The fourth-order valence-corrected chi connectivity index (χ4v) is 1.59. The molecule has 2 rings (SSSR count). The lowest BCUT2D eigenvalue weighted by Crippen LogP contribution is -2.48. The Morgan fingerprint density at radius 3 is 2.93 bits per heavy atom. The first-order valence-corrected chi connectivity index (χ1v) is 5.30. The van der Waals surface area contributed by atoms with Gasteiger partial charge in [0.2, 0.25) is 11.8 Å². The molecule has 0 aromatic carbocycles. The molecular weight excluding hydrogens is 196 g/mol. The Labute approximate surface area is 88.8 Å². The van der Waals surface area contributed by atoms with E-state index in [1.54, 1.807) is 11.9 Å². The SMILES string of the molecule is CN1CC(CNC(=O)C2CC2)OCC1=O. The van der Waals surface area contributed by atoms with Gasteiger partial charge in [0.25, 0.3) is 0 Å². The van der Waals surface area contributed by atoms with Gasteiger partial charge in [0.05, 0.1) is 6.10 Å². The lowest BCUT2D eigenvalue weighted by atomic mass is 10.2. The second-order valence-electron chi connectivity index (χ2n) is 4.23. The molecule has 1 N–H and O–H groups in total. The maximum Gasteiger partial charge on any atom is 0.248 e. The fraction of sp³-hybridized carbons (Fsp3) is 0.800. The molecule has 1 heterocycles. The van der Waals surface area contributed by atoms with Gasteiger partial charge in [0.1, 0.15) is 6.61 Å². The van der Waals surface area contributed by atoms with E-state index < -0.39 is 0 Å². The number of rotatable bonds is 3. The smallest absolute Gasteiger partial charge is 0.248 e. The quantitative estimate of drug-likeness (QED) is 0.677. The van der Waals surface area contributed by atoms with Gasteiger partial charge in [-0.05, 0) is 12.8 Å². The average molecular weight is 212 g/mol. The molecule has 0 aromatic rings. The van der Waals surface area contributed by atoms with Crippen molar-refractivity contribution in [2.75, 3.05) is 26.7 Å². The summed E-state index contributed by atoms with van der Waals surface area (Å²) in [5, 5.41) is 2.85. The maximum atomic E-state index is 11.3. The molecule has 1 saturated heterocycles. The number of nitrogens with one attached hydrogen (secondary N) is 1. The molecule has 2 amide bonds. The van der Waals surface area contributed by atoms with Gasteiger partial charge < -0.3 is 15.0 Å². The van der Waals surface area contributed by atoms with Crippen molar-refractivity contribution in [3.8, 4) is 0 Å². The number of morpholine rings is 1. The van der Waals surface area contributed by atoms with Crippen LogP contribution in [0.2, 0.25) is 0 Å². The zero-order chi connectivity index (χ0) is 10.8. The van der Waals surface area contributed by atoms with Crippen LogP contribution in [0.3, 0.4) is 0 Å². The summed E-state index contributed by atoms with van der Waals surface area (Å²) in [4.78, 5) is 24.1. The minimum absolute atomic E-state index is 0.000213. The summed E-state index contributed by atoms with van der Waals surface area (Å²) in [6.07, 6.45) is 1.96. The predicted molar refractivity (Wildman–Crippen MR) is 53.1 cm³/mol. The number of carbonyl (C=O) groups excluding carboxylic acids is 2. The molecule has 0 bridgehead atoms. The first-order valence-electron chi connectivity index (χ1n) is 5.30. The van der Waals surface area contributed by atoms with Crippen LogP contribution in [0.5, 0.6) is 0 Å². The van der Waals surface area contributed by atoms with Crippen LogP contribution in [0.25, 0.3) is 0 Å². The molecule has 0 spiro atoms. The highest BCUT2D eigenvalue weighted by Crippen LogP contribution is 2.28. The molecule has 15 heavy (non-hydrogen) atoms. The van der Waals surface area contributed by atoms with E-state index in [-0.39, 0.29) is 30.4 Å². The first kappa shape index (κ1) is 10.4. The van der Waals surface area contributed by atoms with Gasteiger partial charge in [-0.1, -0.05) is 0 Å². The van der Waals surface area contributed by atoms with E-state index in [0.717, 1.165) is 12.8 Å². The van der Waals surface area contributed by atoms with Crippen LogP contribution in [0.4, 0.5) is 0 Å². The van der Waals surface area contributed by atoms with Crippen LogP contribution in [0, 0.1) is 5.92 Å². The Morgan fingerprint density at radius 1 is 1.60 bits per heavy atom. The van der Waals surface area contributed by atoms with Gasteiger partial charge in [-0.15, -0.1) is 0 Å². The van der Waals surface area contributed by atoms with Gasteiger partial charge in [-0.2, -0.15) is 0 Å². The monoisotopic (exact) mass is 212 g/mol. The van der Waals surface area contributed by atoms with Crippen molar-refractivity contribution in [3.05, 3.63) is 0 Å². The Morgan fingerprint density at radius 2 is 2.33 bits per heavy atom. The summed E-state index contributed by atoms with van der Waals surface area (Å²) < 4.78 is 5.31. The van der Waals surface area contributed by atoms with E-state index in [2.05, 4.69) is 5.32 Å². The predicted octanol–water partition coefficient (Wildman–Crippen LogP) is -0.630. The van der Waals surface area contributed by atoms with Gasteiger partial charge in [0, 0.05) is 26.1 Å². The summed E-state index contributed by atoms with van der Waals surface area (Å²) in [5.74, 6) is 0.353. The van der Waals surface area contributed by atoms with Gasteiger partial charge in [0.15, 0.2) is 0 Å². The number of carbonyl (C=O) groups is 2. The zero-order valence-electron chi connectivity index (χ0n) is 8.86. The van der Waals surface area contributed by atoms with Gasteiger partial charge in [-0.25, -0.2) is 0 Å². The van der Waals surface area contributed by atoms with Crippen LogP contribution in [0.15, 0.2) is 0 Å². The summed E-state index contributed by atoms with van der Waals surface area (Å²) in [6.45, 7) is 1.19. The molecule has 1 aliphatic carbocycles. The van der Waals surface area contributed by atoms with Crippen LogP contribution in [-0.2, 0) is 14.3 Å². The van der Waals surface area contributed by atoms with Crippen LogP contribution in [0.1, 0.15) is 12.8 Å². The highest BCUT2D eigenvalue weighted by molar-refractivity contribution is 5.81. The lowest BCUT2D eigenvalue weighted by molar-refractivity contribution is -0.146. The van der Waals surface area contributed by atoms with Crippen LogP contribution in [-0.4, -0.2) is 49.6 Å². The number of amides is 2. The Bertz CT molecular complexity index is 276. The van der Waals surface area contributed by atoms with Crippen molar-refractivity contribution < 1.29 is 14.3 Å². The number of ether oxygens (including phenoxy) is 1. The molecule has 2 aliphatic rings. The van der Waals surface area contributed by atoms with Crippen molar-refractivity contribution in [3.63, 3.8) is 0 Å². The Balaban J connectivity index is 1.70. The van der Waals surface area contributed by atoms with Crippen LogP contribution < -0.4 is 5.32 Å². The van der Waals surface area contributed by atoms with Gasteiger partial charge in [-0.3, -0.25) is 9.59 Å². The fourth-order valence-electron chi connectivity index (χ4n) is 1.59. The largest absolute Gasteiger partial charge is 0.365 e. The normalized spacial score (nSPS) is 26.6. The third kappa shape index (κ3) is 2.68. The highest BCUT2D eigenvalue weighted by atomic mass is 16.5. The molecular formula is C10H16N2O3. The van der Waals surface area contributed by atoms with Gasteiger partial charge >= 0.3 is 0 Å². The number of hydrogen-bond donors (Lipinski definition) is 1. The second kappa shape index (κ2) is 4.18. The van der Waals surface area contributed by atoms with Crippen molar-refractivity contribution in [2.45, 2.75) is 18.9 Å². The molecule has 1 aliphatic heterocycles. The molecule has 0 radical (unpaired) electrons. The van der Waals surface area contributed by atoms with E-state index in [4.69, 9.17) is 4.74 Å². The summed E-state index contributed by atoms with van der Waals surface area (Å²) in [7, 11) is 1.75. The molecule has 1 atom stereocenters. The van der Waals surface area contributed by atoms with E-state index in [9.17, 15) is 9.59 Å². The van der Waals surface area contributed by atoms with E-state index in [1.165, 1.54) is 0 Å². The molecule has 0 aromatic heterocycles. The first-order chi connectivity index (χ1) is 7.16. The molecule has 2 fully saturated rings. The molecule has 5 heteroatoms. The van der Waals surface area contributed by atoms with E-state index >= 15 is 0 Å². The van der Waals surface area contributed by atoms with Crippen LogP contribution >= 0.6 is 0 Å². The topological polar surface area (TPSA) is 58.6 Å². The molecule has 1 saturated carbocycles. The summed E-state index contributed by atoms with van der Waals surface area (Å²) in [5.41, 5.74) is 0. The standard InChI is InChI=1S/C10H16N2O3/c1-12-5-8(15-6-9(12)13)4-11-10(14)7-2-3-7/h7-8H,2-6H2,1H3,(H,11,14). The minimum Gasteiger partial charge on any atom is -0.365 e. The van der Waals surface area contributed by atoms with Crippen molar-refractivity contribution in [1.29, 1.82) is 0 Å².